The normalized spacial score (nSPS) is 10.1. The first-order valence-corrected chi connectivity index (χ1v) is 4.59. The number of ether oxygens (including phenoxy) is 1. The lowest BCUT2D eigenvalue weighted by atomic mass is 10.1. The summed E-state index contributed by atoms with van der Waals surface area (Å²) in [5, 5.41) is 2.36. The number of benzene rings is 2. The smallest absolute Gasteiger partial charge is 0.134 e. The van der Waals surface area contributed by atoms with E-state index in [1.807, 2.05) is 18.2 Å². The highest BCUT2D eigenvalue weighted by molar-refractivity contribution is 5.90. The molecule has 0 saturated carbocycles. The summed E-state index contributed by atoms with van der Waals surface area (Å²) in [5.41, 5.74) is 1.26. The maximum absolute atomic E-state index is 5.34. The van der Waals surface area contributed by atoms with Crippen LogP contribution in [0.4, 0.5) is 0 Å². The molecule has 0 bridgehead atoms. The van der Waals surface area contributed by atoms with Gasteiger partial charge in [-0.1, -0.05) is 36.9 Å². The Bertz CT molecular complexity index is 472. The summed E-state index contributed by atoms with van der Waals surface area (Å²) in [6.45, 7) is 5.66. The monoisotopic (exact) mass is 184 g/mol. The van der Waals surface area contributed by atoms with Crippen LogP contribution in [-0.2, 0) is 0 Å². The van der Waals surface area contributed by atoms with Gasteiger partial charge in [-0.15, -0.1) is 0 Å². The van der Waals surface area contributed by atoms with Gasteiger partial charge in [0.1, 0.15) is 5.75 Å². The van der Waals surface area contributed by atoms with Crippen LogP contribution in [0, 0.1) is 6.92 Å². The van der Waals surface area contributed by atoms with Gasteiger partial charge in [0.2, 0.25) is 0 Å². The van der Waals surface area contributed by atoms with Crippen molar-refractivity contribution in [3.05, 3.63) is 54.8 Å². The summed E-state index contributed by atoms with van der Waals surface area (Å²) in [7, 11) is 0. The van der Waals surface area contributed by atoms with Gasteiger partial charge in [0.05, 0.1) is 6.26 Å². The van der Waals surface area contributed by atoms with Crippen LogP contribution in [0.1, 0.15) is 5.56 Å². The van der Waals surface area contributed by atoms with Gasteiger partial charge in [-0.2, -0.15) is 0 Å². The third kappa shape index (κ3) is 1.37. The second-order valence-electron chi connectivity index (χ2n) is 3.21. The van der Waals surface area contributed by atoms with Crippen molar-refractivity contribution >= 4 is 10.8 Å². The molecule has 0 spiro atoms. The first kappa shape index (κ1) is 8.82. The Hall–Kier alpha value is -1.76. The van der Waals surface area contributed by atoms with Crippen LogP contribution in [0.3, 0.4) is 0 Å². The van der Waals surface area contributed by atoms with Crippen LogP contribution in [0.15, 0.2) is 49.2 Å². The molecule has 0 fully saturated rings. The van der Waals surface area contributed by atoms with E-state index in [4.69, 9.17) is 4.74 Å². The van der Waals surface area contributed by atoms with Crippen molar-refractivity contribution in [2.24, 2.45) is 0 Å². The maximum Gasteiger partial charge on any atom is 0.134 e. The molecule has 2 rings (SSSR count). The van der Waals surface area contributed by atoms with Crippen molar-refractivity contribution < 1.29 is 4.74 Å². The second kappa shape index (κ2) is 3.54. The Morgan fingerprint density at radius 3 is 2.50 bits per heavy atom. The molecule has 0 amide bonds. The van der Waals surface area contributed by atoms with Crippen molar-refractivity contribution in [2.75, 3.05) is 0 Å². The van der Waals surface area contributed by atoms with Gasteiger partial charge >= 0.3 is 0 Å². The summed E-state index contributed by atoms with van der Waals surface area (Å²) >= 11 is 0. The van der Waals surface area contributed by atoms with Crippen molar-refractivity contribution in [3.8, 4) is 5.75 Å². The quantitative estimate of drug-likeness (QED) is 0.647. The third-order valence-electron chi connectivity index (χ3n) is 2.31. The fourth-order valence-corrected chi connectivity index (χ4v) is 1.61. The topological polar surface area (TPSA) is 9.23 Å². The van der Waals surface area contributed by atoms with Crippen LogP contribution in [-0.4, -0.2) is 0 Å². The molecule has 0 N–H and O–H groups in total. The lowest BCUT2D eigenvalue weighted by molar-refractivity contribution is 0.489. The van der Waals surface area contributed by atoms with E-state index in [2.05, 4.69) is 31.7 Å². The number of aryl methyl sites for hydroxylation is 1. The zero-order valence-electron chi connectivity index (χ0n) is 8.16. The first-order chi connectivity index (χ1) is 6.83. The Labute approximate surface area is 83.6 Å². The molecule has 0 heterocycles. The molecule has 2 aromatic carbocycles. The lowest BCUT2D eigenvalue weighted by Crippen LogP contribution is -1.85. The van der Waals surface area contributed by atoms with Crippen molar-refractivity contribution in [2.45, 2.75) is 6.92 Å². The number of rotatable bonds is 2. The van der Waals surface area contributed by atoms with E-state index in [-0.39, 0.29) is 0 Å². The van der Waals surface area contributed by atoms with Gasteiger partial charge in [0, 0.05) is 5.39 Å². The molecular weight excluding hydrogens is 172 g/mol. The number of fused-ring (bicyclic) bond motifs is 1. The Kier molecular flexibility index (Phi) is 2.23. The molecule has 2 aromatic rings. The van der Waals surface area contributed by atoms with Crippen LogP contribution >= 0.6 is 0 Å². The van der Waals surface area contributed by atoms with Gasteiger partial charge in [-0.05, 0) is 23.9 Å². The van der Waals surface area contributed by atoms with E-state index < -0.39 is 0 Å². The molecule has 0 saturated heterocycles. The molecule has 0 aliphatic rings. The molecule has 70 valence electrons. The lowest BCUT2D eigenvalue weighted by Gasteiger charge is -2.07. The third-order valence-corrected chi connectivity index (χ3v) is 2.31. The fraction of sp³-hybridized carbons (Fsp3) is 0.0769. The maximum atomic E-state index is 5.34. The van der Waals surface area contributed by atoms with E-state index in [1.54, 1.807) is 0 Å². The highest BCUT2D eigenvalue weighted by Crippen LogP contribution is 2.27. The summed E-state index contributed by atoms with van der Waals surface area (Å²) in [6.07, 6.45) is 1.46. The van der Waals surface area contributed by atoms with Gasteiger partial charge in [-0.3, -0.25) is 0 Å². The molecule has 1 heteroatoms. The molecular formula is C13H12O. The van der Waals surface area contributed by atoms with Gasteiger partial charge in [-0.25, -0.2) is 0 Å². The zero-order valence-corrected chi connectivity index (χ0v) is 8.16. The average molecular weight is 184 g/mol. The average Bonchev–Trinajstić information content (AvgIpc) is 2.23. The van der Waals surface area contributed by atoms with Gasteiger partial charge in [0.25, 0.3) is 0 Å². The molecule has 0 unspecified atom stereocenters. The fourth-order valence-electron chi connectivity index (χ4n) is 1.61. The summed E-state index contributed by atoms with van der Waals surface area (Å²) in [6, 6.07) is 12.2. The van der Waals surface area contributed by atoms with Crippen LogP contribution < -0.4 is 4.74 Å². The van der Waals surface area contributed by atoms with E-state index in [0.29, 0.717) is 0 Å². The summed E-state index contributed by atoms with van der Waals surface area (Å²) in [5.74, 6) is 0.862. The molecule has 1 nitrogen and oxygen atoms in total. The Morgan fingerprint density at radius 2 is 1.79 bits per heavy atom. The van der Waals surface area contributed by atoms with E-state index in [0.717, 1.165) is 11.1 Å². The van der Waals surface area contributed by atoms with E-state index in [9.17, 15) is 0 Å². The van der Waals surface area contributed by atoms with Crippen molar-refractivity contribution in [1.82, 2.24) is 0 Å². The van der Waals surface area contributed by atoms with Gasteiger partial charge in [0.15, 0.2) is 0 Å². The predicted molar refractivity (Wildman–Crippen MR) is 59.5 cm³/mol. The minimum Gasteiger partial charge on any atom is -0.465 e. The predicted octanol–water partition coefficient (Wildman–Crippen LogP) is 3.67. The first-order valence-electron chi connectivity index (χ1n) is 4.59. The molecule has 0 aliphatic carbocycles. The molecule has 14 heavy (non-hydrogen) atoms. The highest BCUT2D eigenvalue weighted by atomic mass is 16.5. The van der Waals surface area contributed by atoms with E-state index >= 15 is 0 Å². The SMILES string of the molecule is C=COc1ccc(C)c2ccccc12. The Morgan fingerprint density at radius 1 is 1.07 bits per heavy atom. The van der Waals surface area contributed by atoms with Crippen molar-refractivity contribution in [1.29, 1.82) is 0 Å². The highest BCUT2D eigenvalue weighted by Gasteiger charge is 2.02. The summed E-state index contributed by atoms with van der Waals surface area (Å²) < 4.78 is 5.34. The minimum absolute atomic E-state index is 0.862. The van der Waals surface area contributed by atoms with Gasteiger partial charge < -0.3 is 4.74 Å². The van der Waals surface area contributed by atoms with Crippen LogP contribution in [0.25, 0.3) is 10.8 Å². The van der Waals surface area contributed by atoms with Crippen molar-refractivity contribution in [3.63, 3.8) is 0 Å². The molecule has 0 aliphatic heterocycles. The second-order valence-corrected chi connectivity index (χ2v) is 3.21. The van der Waals surface area contributed by atoms with Crippen LogP contribution in [0.5, 0.6) is 5.75 Å². The standard InChI is InChI=1S/C13H12O/c1-3-14-13-9-8-10(2)11-6-4-5-7-12(11)13/h3-9H,1H2,2H3. The largest absolute Gasteiger partial charge is 0.465 e. The Balaban J connectivity index is 2.74. The van der Waals surface area contributed by atoms with E-state index in [1.165, 1.54) is 17.2 Å². The van der Waals surface area contributed by atoms with Crippen LogP contribution in [0.2, 0.25) is 0 Å². The molecule has 0 atom stereocenters. The summed E-state index contributed by atoms with van der Waals surface area (Å²) in [4.78, 5) is 0. The number of hydrogen-bond acceptors (Lipinski definition) is 1. The zero-order chi connectivity index (χ0) is 9.97. The molecule has 0 aromatic heterocycles. The minimum atomic E-state index is 0.862. The molecule has 0 radical (unpaired) electrons. The number of hydrogen-bond donors (Lipinski definition) is 0.